The molecular weight excluding hydrogens is 446 g/mol. The van der Waals surface area contributed by atoms with Crippen molar-refractivity contribution >= 4 is 17.8 Å². The Morgan fingerprint density at radius 1 is 1.14 bits per heavy atom. The average Bonchev–Trinajstić information content (AvgIpc) is 2.82. The Labute approximate surface area is 208 Å². The molecule has 1 unspecified atom stereocenters. The van der Waals surface area contributed by atoms with Crippen molar-refractivity contribution in [3.63, 3.8) is 0 Å². The fraction of sp³-hybridized carbons (Fsp3) is 0.667. The lowest BCUT2D eigenvalue weighted by Gasteiger charge is -2.33. The summed E-state index contributed by atoms with van der Waals surface area (Å²) in [6, 6.07) is 5.88. The molecule has 2 heterocycles. The molecule has 194 valence electrons. The van der Waals surface area contributed by atoms with E-state index in [9.17, 15) is 19.5 Å². The molecule has 2 amide bonds. The van der Waals surface area contributed by atoms with Gasteiger partial charge >= 0.3 is 5.97 Å². The molecule has 2 fully saturated rings. The maximum absolute atomic E-state index is 13.2. The molecule has 0 bridgehead atoms. The summed E-state index contributed by atoms with van der Waals surface area (Å²) < 4.78 is 5.47. The number of nitrogens with one attached hydrogen (secondary N) is 2. The summed E-state index contributed by atoms with van der Waals surface area (Å²) in [4.78, 5) is 40.5. The lowest BCUT2D eigenvalue weighted by atomic mass is 9.92. The zero-order valence-corrected chi connectivity index (χ0v) is 21.3. The van der Waals surface area contributed by atoms with E-state index in [1.54, 1.807) is 32.9 Å². The van der Waals surface area contributed by atoms with Gasteiger partial charge in [0, 0.05) is 19.5 Å². The minimum absolute atomic E-state index is 0.0145. The highest BCUT2D eigenvalue weighted by molar-refractivity contribution is 5.82. The summed E-state index contributed by atoms with van der Waals surface area (Å²) in [5.41, 5.74) is 0.0895. The number of amides is 2. The summed E-state index contributed by atoms with van der Waals surface area (Å²) in [5.74, 6) is -0.0449. The number of hydrogen-bond donors (Lipinski definition) is 3. The smallest absolute Gasteiger partial charge is 0.308 e. The predicted molar refractivity (Wildman–Crippen MR) is 134 cm³/mol. The number of aromatic hydroxyl groups is 1. The van der Waals surface area contributed by atoms with Gasteiger partial charge in [-0.05, 0) is 89.6 Å². The van der Waals surface area contributed by atoms with Gasteiger partial charge in [-0.3, -0.25) is 14.4 Å². The Hall–Kier alpha value is -2.61. The van der Waals surface area contributed by atoms with Crippen LogP contribution >= 0.6 is 0 Å². The van der Waals surface area contributed by atoms with Gasteiger partial charge in [0.2, 0.25) is 11.8 Å². The monoisotopic (exact) mass is 487 g/mol. The van der Waals surface area contributed by atoms with Crippen LogP contribution in [0.25, 0.3) is 0 Å². The molecule has 35 heavy (non-hydrogen) atoms. The minimum Gasteiger partial charge on any atom is -0.508 e. The zero-order valence-electron chi connectivity index (χ0n) is 21.3. The topological polar surface area (TPSA) is 108 Å². The number of phenols is 1. The van der Waals surface area contributed by atoms with Crippen LogP contribution in [0.3, 0.4) is 0 Å². The first kappa shape index (κ1) is 27.0. The molecule has 1 aromatic rings. The van der Waals surface area contributed by atoms with Crippen molar-refractivity contribution in [1.82, 2.24) is 15.5 Å². The zero-order chi connectivity index (χ0) is 25.4. The number of nitrogens with zero attached hydrogens (tertiary/aromatic N) is 1. The van der Waals surface area contributed by atoms with Crippen LogP contribution < -0.4 is 10.6 Å². The number of rotatable bonds is 8. The van der Waals surface area contributed by atoms with Crippen LogP contribution in [0.4, 0.5) is 0 Å². The first-order valence-corrected chi connectivity index (χ1v) is 12.9. The minimum atomic E-state index is -0.626. The number of piperidine rings is 2. The van der Waals surface area contributed by atoms with E-state index < -0.39 is 17.6 Å². The van der Waals surface area contributed by atoms with Gasteiger partial charge in [-0.1, -0.05) is 12.1 Å². The summed E-state index contributed by atoms with van der Waals surface area (Å²) >= 11 is 0. The number of ether oxygens (including phenoxy) is 1. The van der Waals surface area contributed by atoms with Gasteiger partial charge in [-0.25, -0.2) is 0 Å². The number of hydrogen-bond acceptors (Lipinski definition) is 6. The van der Waals surface area contributed by atoms with Crippen molar-refractivity contribution in [2.45, 2.75) is 77.4 Å². The molecule has 2 aliphatic heterocycles. The average molecular weight is 488 g/mol. The van der Waals surface area contributed by atoms with Crippen LogP contribution in [0.2, 0.25) is 0 Å². The molecule has 0 radical (unpaired) electrons. The first-order valence-electron chi connectivity index (χ1n) is 12.9. The Bertz CT molecular complexity index is 859. The van der Waals surface area contributed by atoms with Crippen LogP contribution in [0.1, 0.15) is 77.3 Å². The van der Waals surface area contributed by atoms with Crippen LogP contribution in [0, 0.1) is 11.8 Å². The molecule has 8 nitrogen and oxygen atoms in total. The van der Waals surface area contributed by atoms with Crippen molar-refractivity contribution in [3.05, 3.63) is 29.8 Å². The van der Waals surface area contributed by atoms with Gasteiger partial charge in [-0.15, -0.1) is 0 Å². The third-order valence-electron chi connectivity index (χ3n) is 6.77. The Morgan fingerprint density at radius 2 is 1.83 bits per heavy atom. The van der Waals surface area contributed by atoms with Gasteiger partial charge in [0.25, 0.3) is 0 Å². The van der Waals surface area contributed by atoms with Crippen molar-refractivity contribution in [2.75, 3.05) is 26.2 Å². The number of benzene rings is 1. The Morgan fingerprint density at radius 3 is 2.49 bits per heavy atom. The van der Waals surface area contributed by atoms with Crippen molar-refractivity contribution in [3.8, 4) is 5.75 Å². The first-order chi connectivity index (χ1) is 16.6. The Balaban J connectivity index is 1.59. The highest BCUT2D eigenvalue weighted by Crippen LogP contribution is 2.25. The molecular formula is C27H41N3O5. The van der Waals surface area contributed by atoms with Crippen molar-refractivity contribution in [1.29, 1.82) is 0 Å². The van der Waals surface area contributed by atoms with E-state index in [-0.39, 0.29) is 29.9 Å². The second-order valence-electron chi connectivity index (χ2n) is 10.9. The van der Waals surface area contributed by atoms with Crippen LogP contribution in [0.15, 0.2) is 24.3 Å². The number of phenolic OH excluding ortho intramolecular Hbond substituents is 1. The molecule has 1 aromatic carbocycles. The predicted octanol–water partition coefficient (Wildman–Crippen LogP) is 3.30. The Kier molecular flexibility index (Phi) is 9.55. The van der Waals surface area contributed by atoms with Gasteiger partial charge in [0.1, 0.15) is 11.4 Å². The maximum atomic E-state index is 13.2. The van der Waals surface area contributed by atoms with Crippen molar-refractivity contribution < 1.29 is 24.2 Å². The highest BCUT2D eigenvalue weighted by atomic mass is 16.6. The fourth-order valence-corrected chi connectivity index (χ4v) is 4.87. The van der Waals surface area contributed by atoms with Gasteiger partial charge in [0.15, 0.2) is 0 Å². The van der Waals surface area contributed by atoms with E-state index in [0.29, 0.717) is 37.4 Å². The highest BCUT2D eigenvalue weighted by Gasteiger charge is 2.31. The van der Waals surface area contributed by atoms with E-state index in [1.807, 2.05) is 4.90 Å². The van der Waals surface area contributed by atoms with E-state index in [2.05, 4.69) is 10.6 Å². The molecule has 2 aliphatic rings. The molecule has 0 saturated carbocycles. The van der Waals surface area contributed by atoms with E-state index in [4.69, 9.17) is 4.74 Å². The standard InChI is InChI=1S/C27H41N3O5/c1-27(2,3)35-25(33)17-23(20-7-9-22(31)10-8-20)29-26(34)21-5-4-16-30(18-21)24(32)11-6-19-12-14-28-15-13-19/h7-10,19,21,23,28,31H,4-6,11-18H2,1-3H3,(H,29,34)/t21-,23?/m1/s1. The molecule has 0 spiro atoms. The van der Waals surface area contributed by atoms with Crippen LogP contribution in [-0.4, -0.2) is 59.6 Å². The largest absolute Gasteiger partial charge is 0.508 e. The van der Waals surface area contributed by atoms with E-state index >= 15 is 0 Å². The number of carbonyl (C=O) groups is 3. The van der Waals surface area contributed by atoms with E-state index in [1.165, 1.54) is 12.1 Å². The molecule has 0 aliphatic carbocycles. The summed E-state index contributed by atoms with van der Waals surface area (Å²) in [5, 5.41) is 16.0. The molecule has 8 heteroatoms. The lowest BCUT2D eigenvalue weighted by Crippen LogP contribution is -2.46. The quantitative estimate of drug-likeness (QED) is 0.486. The molecule has 3 N–H and O–H groups in total. The summed E-state index contributed by atoms with van der Waals surface area (Å²) in [7, 11) is 0. The second kappa shape index (κ2) is 12.4. The third-order valence-corrected chi connectivity index (χ3v) is 6.77. The maximum Gasteiger partial charge on any atom is 0.308 e. The molecule has 2 atom stereocenters. The summed E-state index contributed by atoms with van der Waals surface area (Å²) in [6.45, 7) is 8.56. The normalized spacial score (nSPS) is 20.2. The van der Waals surface area contributed by atoms with Gasteiger partial charge in [-0.2, -0.15) is 0 Å². The van der Waals surface area contributed by atoms with E-state index in [0.717, 1.165) is 38.8 Å². The SMILES string of the molecule is CC(C)(C)OC(=O)CC(NC(=O)[C@@H]1CCCN(C(=O)CCC2CCNCC2)C1)c1ccc(O)cc1. The molecule has 2 saturated heterocycles. The summed E-state index contributed by atoms with van der Waals surface area (Å²) in [6.07, 6.45) is 5.16. The van der Waals surface area contributed by atoms with Crippen molar-refractivity contribution in [2.24, 2.45) is 11.8 Å². The van der Waals surface area contributed by atoms with Crippen LogP contribution in [0.5, 0.6) is 5.75 Å². The van der Waals surface area contributed by atoms with Crippen LogP contribution in [-0.2, 0) is 19.1 Å². The fourth-order valence-electron chi connectivity index (χ4n) is 4.87. The lowest BCUT2D eigenvalue weighted by molar-refractivity contribution is -0.155. The number of esters is 1. The second-order valence-corrected chi connectivity index (χ2v) is 10.9. The molecule has 0 aromatic heterocycles. The number of carbonyl (C=O) groups excluding carboxylic acids is 3. The third kappa shape index (κ3) is 8.84. The molecule has 3 rings (SSSR count). The van der Waals surface area contributed by atoms with Gasteiger partial charge < -0.3 is 25.4 Å². The number of likely N-dealkylation sites (tertiary alicyclic amines) is 1. The van der Waals surface area contributed by atoms with Gasteiger partial charge in [0.05, 0.1) is 18.4 Å².